The van der Waals surface area contributed by atoms with Gasteiger partial charge < -0.3 is 14.1 Å². The molecule has 394 valence electrons. The highest BCUT2D eigenvalue weighted by Gasteiger charge is 2.98. The summed E-state index contributed by atoms with van der Waals surface area (Å²) in [5, 5.41) is -17.2. The molecule has 0 rings (SSSR count). The monoisotopic (exact) mass is 1110 g/mol. The summed E-state index contributed by atoms with van der Waals surface area (Å²) in [6.07, 6.45) is -21.7. The fourth-order valence-corrected chi connectivity index (χ4v) is 5.20. The van der Waals surface area contributed by atoms with Crippen LogP contribution >= 0.6 is 0 Å². The summed E-state index contributed by atoms with van der Waals surface area (Å²) in [6.45, 7) is 0. The average molecular weight is 1110 g/mol. The average Bonchev–Trinajstić information content (AvgIpc) is 3.07. The highest BCUT2D eigenvalue weighted by Crippen LogP contribution is 2.66. The minimum Gasteiger partial charge on any atom is -0.341 e. The van der Waals surface area contributed by atoms with Crippen LogP contribution in [-0.4, -0.2) is 129 Å². The summed E-state index contributed by atoms with van der Waals surface area (Å²) >= 11 is 0. The topological polar surface area (TPSA) is 147 Å². The van der Waals surface area contributed by atoms with E-state index in [1.807, 2.05) is 0 Å². The maximum absolute atomic E-state index is 14.1. The van der Waals surface area contributed by atoms with E-state index in [1.54, 1.807) is 0 Å². The van der Waals surface area contributed by atoms with E-state index in [0.717, 1.165) is 0 Å². The minimum atomic E-state index is -9.42. The number of hydrogen-bond acceptors (Lipinski definition) is 9. The molecule has 9 nitrogen and oxygen atoms in total. The zero-order valence-corrected chi connectivity index (χ0v) is 30.1. The van der Waals surface area contributed by atoms with Crippen LogP contribution in [0.1, 0.15) is 12.8 Å². The first kappa shape index (κ1) is 62.4. The number of halogens is 34. The summed E-state index contributed by atoms with van der Waals surface area (Å²) in [4.78, 5) is 23.1. The molecule has 0 aromatic heterocycles. The molecule has 0 aliphatic rings. The Labute approximate surface area is 335 Å². The molecule has 0 saturated carbocycles. The van der Waals surface area contributed by atoms with Crippen molar-refractivity contribution in [1.29, 1.82) is 0 Å². The molecular formula is C21H7F34NO8S2. The van der Waals surface area contributed by atoms with Crippen molar-refractivity contribution >= 4 is 32.2 Å². The summed E-state index contributed by atoms with van der Waals surface area (Å²) in [6, 6.07) is -3.72. The third-order valence-corrected chi connectivity index (χ3v) is 9.93. The van der Waals surface area contributed by atoms with E-state index in [1.165, 1.54) is 0 Å². The van der Waals surface area contributed by atoms with Crippen molar-refractivity contribution in [3.8, 4) is 0 Å². The SMILES string of the molecule is N[C@@H](CCC(=O)OS(=O)(=O)C(F)(F)C(F)(F)C(F)(F)C(F)(F)C(F)(F)C(F)(F)C(F)(F)C(F)(F)F)C(=O)OS(=O)(=O)C(F)(F)C(F)(F)C(F)(F)C(F)(F)C(F)(F)C(F)(F)C(F)(F)C(F)(F)F. The Morgan fingerprint density at radius 1 is 0.348 bits per heavy atom. The molecule has 45 heteroatoms. The standard InChI is InChI=1S/C21H7F34NO8S2/c22-6(23,10(30,31)14(38,39)18(46,47)48)8(26,27)12(34,35)16(42,43)20(52,53)65(59,60)63-4(57)2-1-3(56)5(58)64-66(61,62)21(54,55)17(44,45)13(36,37)9(28,29)7(24,25)11(32,33)15(40,41)19(49,50)51/h3H,1-2,56H2/t3-/m0/s1. The predicted molar refractivity (Wildman–Crippen MR) is 129 cm³/mol. The zero-order chi connectivity index (χ0) is 54.6. The van der Waals surface area contributed by atoms with Gasteiger partial charge in [-0.2, -0.15) is 166 Å². The molecule has 0 aromatic carbocycles. The quantitative estimate of drug-likeness (QED) is 0.0934. The van der Waals surface area contributed by atoms with Gasteiger partial charge >= 0.3 is 126 Å². The maximum atomic E-state index is 14.1. The van der Waals surface area contributed by atoms with Crippen molar-refractivity contribution in [2.75, 3.05) is 0 Å². The van der Waals surface area contributed by atoms with Crippen molar-refractivity contribution in [2.45, 2.75) is 113 Å². The highest BCUT2D eigenvalue weighted by atomic mass is 32.2. The van der Waals surface area contributed by atoms with Gasteiger partial charge in [-0.05, 0) is 6.42 Å². The van der Waals surface area contributed by atoms with E-state index in [0.29, 0.717) is 0 Å². The van der Waals surface area contributed by atoms with Crippen molar-refractivity contribution in [3.05, 3.63) is 0 Å². The van der Waals surface area contributed by atoms with Crippen LogP contribution in [0, 0.1) is 0 Å². The van der Waals surface area contributed by atoms with Gasteiger partial charge in [-0.1, -0.05) is 0 Å². The number of carbonyl (C=O) groups is 2. The molecule has 0 aliphatic heterocycles. The van der Waals surface area contributed by atoms with Crippen LogP contribution in [0.3, 0.4) is 0 Å². The number of nitrogens with two attached hydrogens (primary N) is 1. The third kappa shape index (κ3) is 8.39. The Hall–Kier alpha value is -3.58. The lowest BCUT2D eigenvalue weighted by molar-refractivity contribution is -0.458. The summed E-state index contributed by atoms with van der Waals surface area (Å²) < 4.78 is 504. The van der Waals surface area contributed by atoms with Gasteiger partial charge in [0.25, 0.3) is 0 Å². The zero-order valence-electron chi connectivity index (χ0n) is 28.5. The second-order valence-corrected chi connectivity index (χ2v) is 15.0. The highest BCUT2D eigenvalue weighted by molar-refractivity contribution is 7.88. The normalized spacial score (nSPS) is 16.8. The van der Waals surface area contributed by atoms with Crippen LogP contribution in [0.4, 0.5) is 149 Å². The van der Waals surface area contributed by atoms with Gasteiger partial charge in [0, 0.05) is 6.42 Å². The lowest BCUT2D eigenvalue weighted by atomic mass is 9.91. The van der Waals surface area contributed by atoms with Crippen LogP contribution in [0.15, 0.2) is 0 Å². The molecule has 0 heterocycles. The van der Waals surface area contributed by atoms with Gasteiger partial charge in [0.1, 0.15) is 6.04 Å². The van der Waals surface area contributed by atoms with E-state index in [2.05, 4.69) is 14.1 Å². The second-order valence-electron chi connectivity index (χ2n) is 11.8. The summed E-state index contributed by atoms with van der Waals surface area (Å²) in [5.74, 6) is -117. The fourth-order valence-electron chi connectivity index (χ4n) is 3.44. The van der Waals surface area contributed by atoms with Gasteiger partial charge in [0.2, 0.25) is 0 Å². The first-order valence-corrected chi connectivity index (χ1v) is 16.9. The Morgan fingerprint density at radius 3 is 0.773 bits per heavy atom. The largest absolute Gasteiger partial charge is 0.460 e. The molecule has 0 spiro atoms. The van der Waals surface area contributed by atoms with Gasteiger partial charge in [0.15, 0.2) is 0 Å². The van der Waals surface area contributed by atoms with E-state index < -0.39 is 145 Å². The molecular weight excluding hydrogens is 1100 g/mol. The van der Waals surface area contributed by atoms with Crippen LogP contribution in [-0.2, 0) is 38.2 Å². The fraction of sp³-hybridized carbons (Fsp3) is 0.905. The summed E-state index contributed by atoms with van der Waals surface area (Å²) in [5.41, 5.74) is 4.47. The van der Waals surface area contributed by atoms with Gasteiger partial charge in [-0.15, -0.1) is 0 Å². The smallest absolute Gasteiger partial charge is 0.341 e. The second kappa shape index (κ2) is 16.3. The Morgan fingerprint density at radius 2 is 0.545 bits per heavy atom. The molecule has 1 atom stereocenters. The van der Waals surface area contributed by atoms with Crippen molar-refractivity contribution in [3.63, 3.8) is 0 Å². The van der Waals surface area contributed by atoms with Crippen molar-refractivity contribution < 1.29 is 184 Å². The number of rotatable bonds is 20. The van der Waals surface area contributed by atoms with Gasteiger partial charge in [-0.3, -0.25) is 4.79 Å². The lowest BCUT2D eigenvalue weighted by Crippen LogP contribution is -2.75. The van der Waals surface area contributed by atoms with Gasteiger partial charge in [-0.25, -0.2) is 4.79 Å². The predicted octanol–water partition coefficient (Wildman–Crippen LogP) is 8.77. The molecule has 0 aliphatic carbocycles. The molecule has 0 radical (unpaired) electrons. The van der Waals surface area contributed by atoms with E-state index in [4.69, 9.17) is 0 Å². The number of carbonyl (C=O) groups excluding carboxylic acids is 2. The van der Waals surface area contributed by atoms with Crippen LogP contribution < -0.4 is 5.73 Å². The molecule has 0 unspecified atom stereocenters. The molecule has 2 N–H and O–H groups in total. The van der Waals surface area contributed by atoms with E-state index in [-0.39, 0.29) is 0 Å². The van der Waals surface area contributed by atoms with E-state index >= 15 is 0 Å². The molecule has 0 fully saturated rings. The lowest BCUT2D eigenvalue weighted by Gasteiger charge is -2.42. The Kier molecular flexibility index (Phi) is 15.4. The minimum absolute atomic E-state index is 2.33. The number of hydrogen-bond donors (Lipinski definition) is 1. The summed E-state index contributed by atoms with van der Waals surface area (Å²) in [7, 11) is -17.6. The Bertz CT molecular complexity index is 2050. The molecule has 0 aromatic rings. The van der Waals surface area contributed by atoms with Crippen LogP contribution in [0.5, 0.6) is 0 Å². The molecule has 0 bridgehead atoms. The first-order valence-electron chi connectivity index (χ1n) is 14.0. The van der Waals surface area contributed by atoms with Crippen molar-refractivity contribution in [2.24, 2.45) is 5.73 Å². The van der Waals surface area contributed by atoms with Gasteiger partial charge in [0.05, 0.1) is 0 Å². The Balaban J connectivity index is 6.64. The third-order valence-electron chi connectivity index (χ3n) is 7.37. The van der Waals surface area contributed by atoms with E-state index in [9.17, 15) is 176 Å². The van der Waals surface area contributed by atoms with Crippen LogP contribution in [0.2, 0.25) is 0 Å². The first-order chi connectivity index (χ1) is 27.9. The van der Waals surface area contributed by atoms with Crippen LogP contribution in [0.25, 0.3) is 0 Å². The number of alkyl halides is 34. The molecule has 0 saturated heterocycles. The molecule has 66 heavy (non-hydrogen) atoms. The maximum Gasteiger partial charge on any atom is 0.460 e. The molecule has 0 amide bonds. The van der Waals surface area contributed by atoms with Crippen molar-refractivity contribution in [1.82, 2.24) is 0 Å².